The highest BCUT2D eigenvalue weighted by Gasteiger charge is 2.20. The fraction of sp³-hybridized carbons (Fsp3) is 0.125. The van der Waals surface area contributed by atoms with Crippen LogP contribution in [0.1, 0.15) is 10.4 Å². The SMILES string of the molecule is COc1ccc(-c2ccc(OC)c(C(=O)C(=O)O)c2)cc1. The number of carbonyl (C=O) groups is 2. The summed E-state index contributed by atoms with van der Waals surface area (Å²) in [7, 11) is 2.97. The lowest BCUT2D eigenvalue weighted by molar-refractivity contribution is -0.131. The summed E-state index contributed by atoms with van der Waals surface area (Å²) in [6.45, 7) is 0. The molecule has 2 aromatic rings. The lowest BCUT2D eigenvalue weighted by Gasteiger charge is -2.09. The Balaban J connectivity index is 2.47. The Morgan fingerprint density at radius 1 is 0.905 bits per heavy atom. The van der Waals surface area contributed by atoms with Crippen molar-refractivity contribution in [3.63, 3.8) is 0 Å². The van der Waals surface area contributed by atoms with Gasteiger partial charge in [0.2, 0.25) is 0 Å². The second-order valence-electron chi connectivity index (χ2n) is 4.28. The van der Waals surface area contributed by atoms with Crippen molar-refractivity contribution in [2.24, 2.45) is 0 Å². The van der Waals surface area contributed by atoms with Gasteiger partial charge in [0.15, 0.2) is 0 Å². The van der Waals surface area contributed by atoms with Gasteiger partial charge in [-0.25, -0.2) is 4.79 Å². The maximum absolute atomic E-state index is 11.7. The summed E-state index contributed by atoms with van der Waals surface area (Å²) < 4.78 is 10.1. The number of carboxylic acid groups (broad SMARTS) is 1. The zero-order chi connectivity index (χ0) is 15.4. The molecule has 21 heavy (non-hydrogen) atoms. The van der Waals surface area contributed by atoms with E-state index in [4.69, 9.17) is 14.6 Å². The number of ketones is 1. The molecule has 0 fully saturated rings. The highest BCUT2D eigenvalue weighted by atomic mass is 16.5. The van der Waals surface area contributed by atoms with Crippen molar-refractivity contribution in [1.82, 2.24) is 0 Å². The van der Waals surface area contributed by atoms with Crippen LogP contribution in [0.3, 0.4) is 0 Å². The molecule has 0 radical (unpaired) electrons. The predicted molar refractivity (Wildman–Crippen MR) is 76.9 cm³/mol. The molecule has 0 aliphatic heterocycles. The minimum Gasteiger partial charge on any atom is -0.497 e. The number of benzene rings is 2. The molecule has 0 atom stereocenters. The van der Waals surface area contributed by atoms with Crippen LogP contribution in [0.2, 0.25) is 0 Å². The molecule has 2 rings (SSSR count). The van der Waals surface area contributed by atoms with E-state index in [-0.39, 0.29) is 11.3 Å². The molecule has 0 spiro atoms. The summed E-state index contributed by atoms with van der Waals surface area (Å²) in [4.78, 5) is 22.6. The first-order valence-electron chi connectivity index (χ1n) is 6.17. The molecule has 0 heterocycles. The Labute approximate surface area is 121 Å². The number of carbonyl (C=O) groups excluding carboxylic acids is 1. The van der Waals surface area contributed by atoms with Gasteiger partial charge in [-0.15, -0.1) is 0 Å². The Hall–Kier alpha value is -2.82. The van der Waals surface area contributed by atoms with Crippen molar-refractivity contribution >= 4 is 11.8 Å². The van der Waals surface area contributed by atoms with Crippen molar-refractivity contribution in [2.75, 3.05) is 14.2 Å². The molecule has 2 aromatic carbocycles. The first-order valence-corrected chi connectivity index (χ1v) is 6.17. The van der Waals surface area contributed by atoms with E-state index in [1.807, 2.05) is 12.1 Å². The summed E-state index contributed by atoms with van der Waals surface area (Å²) in [5.74, 6) is -1.56. The predicted octanol–water partition coefficient (Wildman–Crippen LogP) is 2.64. The van der Waals surface area contributed by atoms with Crippen LogP contribution in [0.5, 0.6) is 11.5 Å². The van der Waals surface area contributed by atoms with Gasteiger partial charge >= 0.3 is 5.97 Å². The lowest BCUT2D eigenvalue weighted by atomic mass is 10.0. The van der Waals surface area contributed by atoms with E-state index in [0.717, 1.165) is 11.1 Å². The van der Waals surface area contributed by atoms with E-state index < -0.39 is 11.8 Å². The second kappa shape index (κ2) is 6.09. The maximum Gasteiger partial charge on any atom is 0.377 e. The highest BCUT2D eigenvalue weighted by Crippen LogP contribution is 2.28. The molecular weight excluding hydrogens is 272 g/mol. The van der Waals surface area contributed by atoms with Crippen molar-refractivity contribution < 1.29 is 24.2 Å². The van der Waals surface area contributed by atoms with Gasteiger partial charge in [0.1, 0.15) is 11.5 Å². The summed E-state index contributed by atoms with van der Waals surface area (Å²) in [5, 5.41) is 8.86. The molecule has 0 amide bonds. The van der Waals surface area contributed by atoms with Crippen LogP contribution in [0.25, 0.3) is 11.1 Å². The minimum atomic E-state index is -1.51. The molecule has 0 bridgehead atoms. The summed E-state index contributed by atoms with van der Waals surface area (Å²) in [6.07, 6.45) is 0. The molecule has 0 saturated carbocycles. The molecule has 0 saturated heterocycles. The van der Waals surface area contributed by atoms with E-state index >= 15 is 0 Å². The topological polar surface area (TPSA) is 72.8 Å². The molecule has 5 nitrogen and oxygen atoms in total. The highest BCUT2D eigenvalue weighted by molar-refractivity contribution is 6.40. The van der Waals surface area contributed by atoms with Crippen LogP contribution in [0.15, 0.2) is 42.5 Å². The van der Waals surface area contributed by atoms with Gasteiger partial charge in [-0.1, -0.05) is 18.2 Å². The zero-order valence-corrected chi connectivity index (χ0v) is 11.6. The Kier molecular flexibility index (Phi) is 4.23. The monoisotopic (exact) mass is 286 g/mol. The average molecular weight is 286 g/mol. The molecule has 0 unspecified atom stereocenters. The number of aliphatic carboxylic acids is 1. The molecule has 0 aromatic heterocycles. The maximum atomic E-state index is 11.7. The van der Waals surface area contributed by atoms with Gasteiger partial charge < -0.3 is 14.6 Å². The fourth-order valence-corrected chi connectivity index (χ4v) is 1.96. The van der Waals surface area contributed by atoms with Crippen LogP contribution in [-0.4, -0.2) is 31.1 Å². The van der Waals surface area contributed by atoms with Gasteiger partial charge in [0, 0.05) is 0 Å². The van der Waals surface area contributed by atoms with Crippen LogP contribution >= 0.6 is 0 Å². The van der Waals surface area contributed by atoms with Crippen LogP contribution < -0.4 is 9.47 Å². The van der Waals surface area contributed by atoms with E-state index in [9.17, 15) is 9.59 Å². The normalized spacial score (nSPS) is 10.0. The number of hydrogen-bond donors (Lipinski definition) is 1. The van der Waals surface area contributed by atoms with Crippen molar-refractivity contribution in [1.29, 1.82) is 0 Å². The standard InChI is InChI=1S/C16H14O5/c1-20-12-6-3-10(4-7-12)11-5-8-14(21-2)13(9-11)15(17)16(18)19/h3-9H,1-2H3,(H,18,19). The third-order valence-electron chi connectivity index (χ3n) is 3.06. The number of rotatable bonds is 5. The summed E-state index contributed by atoms with van der Waals surface area (Å²) in [5.41, 5.74) is 1.60. The van der Waals surface area contributed by atoms with Crippen molar-refractivity contribution in [2.45, 2.75) is 0 Å². The minimum absolute atomic E-state index is 0.0262. The largest absolute Gasteiger partial charge is 0.497 e. The average Bonchev–Trinajstić information content (AvgIpc) is 2.53. The van der Waals surface area contributed by atoms with Crippen LogP contribution in [0, 0.1) is 0 Å². The zero-order valence-electron chi connectivity index (χ0n) is 11.6. The quantitative estimate of drug-likeness (QED) is 0.675. The van der Waals surface area contributed by atoms with Gasteiger partial charge in [0.05, 0.1) is 19.8 Å². The molecule has 108 valence electrons. The molecule has 1 N–H and O–H groups in total. The Morgan fingerprint density at radius 2 is 1.52 bits per heavy atom. The summed E-state index contributed by atoms with van der Waals surface area (Å²) in [6, 6.07) is 12.1. The van der Waals surface area contributed by atoms with Gasteiger partial charge in [-0.3, -0.25) is 4.79 Å². The van der Waals surface area contributed by atoms with Gasteiger partial charge in [-0.05, 0) is 35.4 Å². The molecule has 5 heteroatoms. The van der Waals surface area contributed by atoms with Crippen molar-refractivity contribution in [3.05, 3.63) is 48.0 Å². The van der Waals surface area contributed by atoms with E-state index in [0.29, 0.717) is 5.75 Å². The fourth-order valence-electron chi connectivity index (χ4n) is 1.96. The third-order valence-corrected chi connectivity index (χ3v) is 3.06. The third kappa shape index (κ3) is 3.02. The first-order chi connectivity index (χ1) is 10.1. The van der Waals surface area contributed by atoms with E-state index in [1.54, 1.807) is 31.4 Å². The Morgan fingerprint density at radius 3 is 2.05 bits per heavy atom. The number of Topliss-reactive ketones (excluding diaryl/α,β-unsaturated/α-hetero) is 1. The Bertz CT molecular complexity index is 674. The van der Waals surface area contributed by atoms with E-state index in [2.05, 4.69) is 0 Å². The van der Waals surface area contributed by atoms with Crippen LogP contribution in [0.4, 0.5) is 0 Å². The van der Waals surface area contributed by atoms with Gasteiger partial charge in [-0.2, -0.15) is 0 Å². The van der Waals surface area contributed by atoms with Crippen molar-refractivity contribution in [3.8, 4) is 22.6 Å². The number of hydrogen-bond acceptors (Lipinski definition) is 4. The molecule has 0 aliphatic rings. The smallest absolute Gasteiger partial charge is 0.377 e. The molecular formula is C16H14O5. The number of ether oxygens (including phenoxy) is 2. The summed E-state index contributed by atoms with van der Waals surface area (Å²) >= 11 is 0. The first kappa shape index (κ1) is 14.6. The van der Waals surface area contributed by atoms with E-state index in [1.165, 1.54) is 13.2 Å². The molecule has 0 aliphatic carbocycles. The van der Waals surface area contributed by atoms with Gasteiger partial charge in [0.25, 0.3) is 5.78 Å². The number of carboxylic acids is 1. The van der Waals surface area contributed by atoms with Crippen LogP contribution in [-0.2, 0) is 4.79 Å². The number of methoxy groups -OCH3 is 2. The second-order valence-corrected chi connectivity index (χ2v) is 4.28. The lowest BCUT2D eigenvalue weighted by Crippen LogP contribution is -2.14.